The van der Waals surface area contributed by atoms with Crippen LogP contribution in [0.4, 0.5) is 0 Å². The Balaban J connectivity index is 2.02. The Morgan fingerprint density at radius 3 is 2.54 bits per heavy atom. The zero-order valence-corrected chi connectivity index (χ0v) is 12.5. The normalized spacial score (nSPS) is 10.8. The predicted octanol–water partition coefficient (Wildman–Crippen LogP) is 3.62. The summed E-state index contributed by atoms with van der Waals surface area (Å²) >= 11 is 0. The fraction of sp³-hybridized carbons (Fsp3) is 0. The van der Waals surface area contributed by atoms with Crippen LogP contribution in [0, 0.1) is 0 Å². The molecule has 0 fully saturated rings. The molecule has 4 rings (SSSR count). The van der Waals surface area contributed by atoms with Crippen molar-refractivity contribution in [3.63, 3.8) is 0 Å². The number of hydrogen-bond donors (Lipinski definition) is 1. The zero-order valence-electron chi connectivity index (χ0n) is 12.5. The van der Waals surface area contributed by atoms with Gasteiger partial charge in [-0.3, -0.25) is 14.8 Å². The largest absolute Gasteiger partial charge is 0.508 e. The van der Waals surface area contributed by atoms with Crippen LogP contribution in [0.3, 0.4) is 0 Å². The Morgan fingerprint density at radius 1 is 0.917 bits per heavy atom. The van der Waals surface area contributed by atoms with Gasteiger partial charge in [-0.25, -0.2) is 0 Å². The summed E-state index contributed by atoms with van der Waals surface area (Å²) < 4.78 is 5.98. The highest BCUT2D eigenvalue weighted by atomic mass is 16.3. The molecule has 1 aromatic carbocycles. The van der Waals surface area contributed by atoms with E-state index in [2.05, 4.69) is 9.97 Å². The average molecular weight is 316 g/mol. The first-order valence-electron chi connectivity index (χ1n) is 7.35. The zero-order chi connectivity index (χ0) is 16.5. The van der Waals surface area contributed by atoms with Gasteiger partial charge in [0.1, 0.15) is 17.2 Å². The Hall–Kier alpha value is -3.47. The van der Waals surface area contributed by atoms with E-state index in [0.29, 0.717) is 28.0 Å². The minimum absolute atomic E-state index is 0.124. The van der Waals surface area contributed by atoms with Gasteiger partial charge in [0.05, 0.1) is 5.39 Å². The van der Waals surface area contributed by atoms with Crippen LogP contribution in [0.15, 0.2) is 76.3 Å². The highest BCUT2D eigenvalue weighted by Crippen LogP contribution is 2.30. The van der Waals surface area contributed by atoms with Crippen molar-refractivity contribution in [2.75, 3.05) is 0 Å². The van der Waals surface area contributed by atoms with Crippen molar-refractivity contribution in [2.45, 2.75) is 0 Å². The molecule has 0 atom stereocenters. The molecular formula is C19H12N2O3. The van der Waals surface area contributed by atoms with E-state index < -0.39 is 0 Å². The lowest BCUT2D eigenvalue weighted by atomic mass is 10.1. The van der Waals surface area contributed by atoms with Crippen molar-refractivity contribution in [3.8, 4) is 28.3 Å². The molecule has 5 heteroatoms. The molecule has 0 aliphatic carbocycles. The van der Waals surface area contributed by atoms with Crippen molar-refractivity contribution in [1.82, 2.24) is 9.97 Å². The van der Waals surface area contributed by atoms with Crippen LogP contribution in [0.1, 0.15) is 0 Å². The van der Waals surface area contributed by atoms with Crippen LogP contribution in [-0.4, -0.2) is 15.1 Å². The quantitative estimate of drug-likeness (QED) is 0.611. The molecule has 1 N–H and O–H groups in total. The molecule has 3 heterocycles. The van der Waals surface area contributed by atoms with Gasteiger partial charge < -0.3 is 9.52 Å². The fourth-order valence-corrected chi connectivity index (χ4v) is 2.60. The summed E-state index contributed by atoms with van der Waals surface area (Å²) in [5.74, 6) is 0.572. The summed E-state index contributed by atoms with van der Waals surface area (Å²) in [5.41, 5.74) is 2.19. The van der Waals surface area contributed by atoms with Crippen LogP contribution in [0.2, 0.25) is 0 Å². The standard InChI is InChI=1S/C19H12N2O3/c22-14-3-1-2-13(10-14)18-19-15(6-9-21-18)16(23)11-17(24-19)12-4-7-20-8-5-12/h1-11,22H. The molecule has 0 aliphatic rings. The third-order valence-electron chi connectivity index (χ3n) is 3.73. The maximum Gasteiger partial charge on any atom is 0.193 e. The number of nitrogens with zero attached hydrogens (tertiary/aromatic N) is 2. The van der Waals surface area contributed by atoms with E-state index >= 15 is 0 Å². The van der Waals surface area contributed by atoms with Crippen LogP contribution >= 0.6 is 0 Å². The van der Waals surface area contributed by atoms with Crippen molar-refractivity contribution in [1.29, 1.82) is 0 Å². The van der Waals surface area contributed by atoms with Gasteiger partial charge in [-0.1, -0.05) is 12.1 Å². The van der Waals surface area contributed by atoms with Crippen LogP contribution in [0.5, 0.6) is 5.75 Å². The molecule has 0 spiro atoms. The van der Waals surface area contributed by atoms with Gasteiger partial charge in [-0.2, -0.15) is 0 Å². The second kappa shape index (κ2) is 5.62. The third-order valence-corrected chi connectivity index (χ3v) is 3.73. The third kappa shape index (κ3) is 2.42. The molecule has 116 valence electrons. The van der Waals surface area contributed by atoms with Gasteiger partial charge in [0.15, 0.2) is 11.0 Å². The van der Waals surface area contributed by atoms with Gasteiger partial charge in [0.25, 0.3) is 0 Å². The Bertz CT molecular complexity index is 1090. The monoisotopic (exact) mass is 316 g/mol. The number of pyridine rings is 2. The van der Waals surface area contributed by atoms with Gasteiger partial charge in [-0.05, 0) is 30.3 Å². The molecule has 5 nitrogen and oxygen atoms in total. The highest BCUT2D eigenvalue weighted by Gasteiger charge is 2.13. The van der Waals surface area contributed by atoms with Crippen LogP contribution < -0.4 is 5.43 Å². The molecule has 0 saturated heterocycles. The molecular weight excluding hydrogens is 304 g/mol. The van der Waals surface area contributed by atoms with Gasteiger partial charge in [-0.15, -0.1) is 0 Å². The molecule has 0 amide bonds. The number of rotatable bonds is 2. The number of phenolic OH excluding ortho intramolecular Hbond substituents is 1. The van der Waals surface area contributed by atoms with Crippen molar-refractivity contribution in [3.05, 3.63) is 77.3 Å². The molecule has 0 saturated carbocycles. The number of fused-ring (bicyclic) bond motifs is 1. The summed E-state index contributed by atoms with van der Waals surface area (Å²) in [4.78, 5) is 20.8. The van der Waals surface area contributed by atoms with Crippen molar-refractivity contribution >= 4 is 11.0 Å². The maximum atomic E-state index is 12.5. The summed E-state index contributed by atoms with van der Waals surface area (Å²) in [6.07, 6.45) is 4.84. The van der Waals surface area contributed by atoms with E-state index in [-0.39, 0.29) is 11.2 Å². The summed E-state index contributed by atoms with van der Waals surface area (Å²) in [6, 6.07) is 13.3. The number of aromatic hydroxyl groups is 1. The van der Waals surface area contributed by atoms with E-state index in [1.165, 1.54) is 6.07 Å². The number of hydrogen-bond acceptors (Lipinski definition) is 5. The second-order valence-electron chi connectivity index (χ2n) is 5.30. The topological polar surface area (TPSA) is 76.2 Å². The maximum absolute atomic E-state index is 12.5. The highest BCUT2D eigenvalue weighted by molar-refractivity contribution is 5.90. The summed E-state index contributed by atoms with van der Waals surface area (Å²) in [5, 5.41) is 10.2. The number of aromatic nitrogens is 2. The predicted molar refractivity (Wildman–Crippen MR) is 90.6 cm³/mol. The SMILES string of the molecule is O=c1cc(-c2ccncc2)oc2c(-c3cccc(O)c3)nccc12. The van der Waals surface area contributed by atoms with Gasteiger partial charge in [0, 0.05) is 35.8 Å². The van der Waals surface area contributed by atoms with Crippen LogP contribution in [-0.2, 0) is 0 Å². The van der Waals surface area contributed by atoms with E-state index in [4.69, 9.17) is 4.42 Å². The second-order valence-corrected chi connectivity index (χ2v) is 5.30. The smallest absolute Gasteiger partial charge is 0.193 e. The summed E-state index contributed by atoms with van der Waals surface area (Å²) in [6.45, 7) is 0. The minimum atomic E-state index is -0.146. The van der Waals surface area contributed by atoms with Gasteiger partial charge in [0.2, 0.25) is 0 Å². The Morgan fingerprint density at radius 2 is 1.75 bits per heavy atom. The Kier molecular flexibility index (Phi) is 3.31. The average Bonchev–Trinajstić information content (AvgIpc) is 2.62. The molecule has 0 unspecified atom stereocenters. The molecule has 0 radical (unpaired) electrons. The van der Waals surface area contributed by atoms with E-state index in [9.17, 15) is 9.90 Å². The first-order chi connectivity index (χ1) is 11.7. The van der Waals surface area contributed by atoms with E-state index in [1.54, 1.807) is 61.1 Å². The molecule has 0 aliphatic heterocycles. The summed E-state index contributed by atoms with van der Waals surface area (Å²) in [7, 11) is 0. The molecule has 0 bridgehead atoms. The molecule has 3 aromatic heterocycles. The number of phenols is 1. The lowest BCUT2D eigenvalue weighted by molar-refractivity contribution is 0.475. The number of benzene rings is 1. The lowest BCUT2D eigenvalue weighted by Crippen LogP contribution is -2.02. The van der Waals surface area contributed by atoms with Crippen molar-refractivity contribution in [2.24, 2.45) is 0 Å². The Labute approximate surface area is 136 Å². The first kappa shape index (κ1) is 14.1. The lowest BCUT2D eigenvalue weighted by Gasteiger charge is -2.07. The van der Waals surface area contributed by atoms with Gasteiger partial charge >= 0.3 is 0 Å². The van der Waals surface area contributed by atoms with E-state index in [0.717, 1.165) is 5.56 Å². The molecule has 24 heavy (non-hydrogen) atoms. The minimum Gasteiger partial charge on any atom is -0.508 e. The van der Waals surface area contributed by atoms with E-state index in [1.807, 2.05) is 0 Å². The first-order valence-corrected chi connectivity index (χ1v) is 7.35. The molecule has 4 aromatic rings. The van der Waals surface area contributed by atoms with Crippen LogP contribution in [0.25, 0.3) is 33.6 Å². The van der Waals surface area contributed by atoms with Crippen molar-refractivity contribution < 1.29 is 9.52 Å². The fourth-order valence-electron chi connectivity index (χ4n) is 2.60.